The van der Waals surface area contributed by atoms with Crippen LogP contribution in [0.2, 0.25) is 0 Å². The van der Waals surface area contributed by atoms with E-state index in [0.717, 1.165) is 32.6 Å². The second-order valence-electron chi connectivity index (χ2n) is 10.5. The summed E-state index contributed by atoms with van der Waals surface area (Å²) >= 11 is 0. The van der Waals surface area contributed by atoms with Gasteiger partial charge in [-0.3, -0.25) is 19.3 Å². The summed E-state index contributed by atoms with van der Waals surface area (Å²) in [4.78, 5) is 45.1. The molecule has 1 fully saturated rings. The Bertz CT molecular complexity index is 1230. The van der Waals surface area contributed by atoms with Crippen LogP contribution in [0.3, 0.4) is 0 Å². The van der Waals surface area contributed by atoms with Gasteiger partial charge in [0, 0.05) is 56.8 Å². The number of hydrogen-bond acceptors (Lipinski definition) is 7. The van der Waals surface area contributed by atoms with Crippen molar-refractivity contribution in [2.75, 3.05) is 66.5 Å². The Morgan fingerprint density at radius 2 is 1.80 bits per heavy atom. The quantitative estimate of drug-likeness (QED) is 0.586. The van der Waals surface area contributed by atoms with E-state index in [0.29, 0.717) is 56.1 Å². The van der Waals surface area contributed by atoms with Crippen LogP contribution in [0.1, 0.15) is 41.6 Å². The van der Waals surface area contributed by atoms with Gasteiger partial charge >= 0.3 is 0 Å². The summed E-state index contributed by atoms with van der Waals surface area (Å²) in [6.07, 6.45) is 2.23. The second-order valence-corrected chi connectivity index (χ2v) is 10.5. The summed E-state index contributed by atoms with van der Waals surface area (Å²) in [7, 11) is 3.55. The van der Waals surface area contributed by atoms with E-state index >= 15 is 0 Å². The zero-order valence-corrected chi connectivity index (χ0v) is 23.9. The zero-order chi connectivity index (χ0) is 29.2. The molecule has 3 heterocycles. The summed E-state index contributed by atoms with van der Waals surface area (Å²) in [5.74, 6) is -0.164. The normalized spacial score (nSPS) is 18.6. The molecule has 10 nitrogen and oxygen atoms in total. The Labute approximate surface area is 240 Å². The molecule has 2 bridgehead atoms. The number of benzene rings is 2. The Kier molecular flexibility index (Phi) is 10.9. The van der Waals surface area contributed by atoms with E-state index in [1.54, 1.807) is 29.2 Å². The highest BCUT2D eigenvalue weighted by Gasteiger charge is 2.21. The fraction of sp³-hybridized carbons (Fsp3) is 0.500. The van der Waals surface area contributed by atoms with Crippen LogP contribution >= 0.6 is 0 Å². The van der Waals surface area contributed by atoms with Crippen LogP contribution in [0.25, 0.3) is 0 Å². The minimum atomic E-state index is -0.514. The first-order valence-corrected chi connectivity index (χ1v) is 14.2. The van der Waals surface area contributed by atoms with E-state index in [9.17, 15) is 18.8 Å². The molecule has 2 aromatic rings. The number of carbonyl (C=O) groups excluding carboxylic acids is 3. The highest BCUT2D eigenvalue weighted by molar-refractivity contribution is 5.94. The van der Waals surface area contributed by atoms with Crippen LogP contribution in [0.4, 0.5) is 4.39 Å². The number of nitrogens with one attached hydrogen (secondary N) is 2. The minimum absolute atomic E-state index is 0.0145. The molecule has 0 spiro atoms. The number of rotatable bonds is 3. The van der Waals surface area contributed by atoms with Gasteiger partial charge in [0.15, 0.2) is 11.5 Å². The van der Waals surface area contributed by atoms with Gasteiger partial charge in [0.05, 0.1) is 13.7 Å². The summed E-state index contributed by atoms with van der Waals surface area (Å²) in [6, 6.07) is 9.20. The van der Waals surface area contributed by atoms with Crippen molar-refractivity contribution in [1.82, 2.24) is 25.3 Å². The van der Waals surface area contributed by atoms with Crippen molar-refractivity contribution in [3.05, 3.63) is 53.3 Å². The van der Waals surface area contributed by atoms with Crippen LogP contribution in [0.15, 0.2) is 36.4 Å². The lowest BCUT2D eigenvalue weighted by Gasteiger charge is -2.27. The molecule has 3 aliphatic heterocycles. The van der Waals surface area contributed by atoms with E-state index < -0.39 is 5.82 Å². The number of ether oxygens (including phenoxy) is 2. The van der Waals surface area contributed by atoms with Crippen molar-refractivity contribution in [3.8, 4) is 17.2 Å². The standard InChI is InChI=1S/C30H40FN5O5/c1-34-13-6-14-35(18-17-34)21-29(38)36-15-4-9-28(37)33-20-23-24(31)7-3-8-25(23)41-26-11-10-22(19-27(26)40-2)30(39)32-12-5-16-36/h3,7-8,10-11,19H,4-6,9,12-18,20-21H2,1-2H3,(H,32,39)(H,33,37). The third kappa shape index (κ3) is 8.64. The van der Waals surface area contributed by atoms with Gasteiger partial charge in [-0.1, -0.05) is 6.07 Å². The van der Waals surface area contributed by atoms with E-state index in [1.165, 1.54) is 19.2 Å². The third-order valence-electron chi connectivity index (χ3n) is 7.43. The summed E-state index contributed by atoms with van der Waals surface area (Å²) in [5.41, 5.74) is 0.584. The molecule has 2 N–H and O–H groups in total. The summed E-state index contributed by atoms with van der Waals surface area (Å²) in [6.45, 7) is 5.15. The number of likely N-dealkylation sites (N-methyl/N-ethyl adjacent to an activating group) is 1. The first-order valence-electron chi connectivity index (χ1n) is 14.2. The molecule has 5 rings (SSSR count). The monoisotopic (exact) mass is 569 g/mol. The van der Waals surface area contributed by atoms with Crippen LogP contribution in [-0.4, -0.2) is 98.9 Å². The van der Waals surface area contributed by atoms with Gasteiger partial charge in [-0.2, -0.15) is 0 Å². The number of hydrogen-bond donors (Lipinski definition) is 2. The lowest BCUT2D eigenvalue weighted by Crippen LogP contribution is -2.43. The number of methoxy groups -OCH3 is 1. The molecule has 11 heteroatoms. The SMILES string of the molecule is COc1cc2ccc1Oc1cccc(F)c1CNC(=O)CCCN(C(=O)CN1CCCN(C)CC1)CCCNC2=O. The topological polar surface area (TPSA) is 103 Å². The molecular weight excluding hydrogens is 529 g/mol. The zero-order valence-electron chi connectivity index (χ0n) is 23.9. The van der Waals surface area contributed by atoms with Crippen molar-refractivity contribution in [2.24, 2.45) is 0 Å². The van der Waals surface area contributed by atoms with Crippen molar-refractivity contribution in [2.45, 2.75) is 32.2 Å². The number of nitrogens with zero attached hydrogens (tertiary/aromatic N) is 3. The third-order valence-corrected chi connectivity index (χ3v) is 7.43. The van der Waals surface area contributed by atoms with Gasteiger partial charge in [-0.25, -0.2) is 4.39 Å². The first kappa shape index (κ1) is 30.3. The highest BCUT2D eigenvalue weighted by Crippen LogP contribution is 2.34. The molecule has 2 aromatic carbocycles. The molecule has 222 valence electrons. The molecule has 41 heavy (non-hydrogen) atoms. The Morgan fingerprint density at radius 1 is 0.976 bits per heavy atom. The molecular formula is C30H40FN5O5. The number of halogens is 1. The van der Waals surface area contributed by atoms with Crippen LogP contribution in [-0.2, 0) is 16.1 Å². The average Bonchev–Trinajstić information content (AvgIpc) is 3.17. The predicted octanol–water partition coefficient (Wildman–Crippen LogP) is 2.62. The van der Waals surface area contributed by atoms with Gasteiger partial charge in [0.1, 0.15) is 11.6 Å². The van der Waals surface area contributed by atoms with Crippen LogP contribution in [0, 0.1) is 5.82 Å². The van der Waals surface area contributed by atoms with Crippen LogP contribution < -0.4 is 20.1 Å². The van der Waals surface area contributed by atoms with Crippen molar-refractivity contribution in [1.29, 1.82) is 0 Å². The van der Waals surface area contributed by atoms with E-state index in [1.807, 2.05) is 0 Å². The minimum Gasteiger partial charge on any atom is -0.493 e. The molecule has 0 saturated carbocycles. The van der Waals surface area contributed by atoms with Crippen molar-refractivity contribution >= 4 is 17.7 Å². The molecule has 0 unspecified atom stereocenters. The number of carbonyl (C=O) groups is 3. The van der Waals surface area contributed by atoms with E-state index in [-0.39, 0.29) is 42.0 Å². The van der Waals surface area contributed by atoms with E-state index in [4.69, 9.17) is 9.47 Å². The first-order chi connectivity index (χ1) is 19.8. The van der Waals surface area contributed by atoms with Crippen LogP contribution in [0.5, 0.6) is 17.2 Å². The molecule has 3 aliphatic rings. The summed E-state index contributed by atoms with van der Waals surface area (Å²) < 4.78 is 26.2. The fourth-order valence-electron chi connectivity index (χ4n) is 5.01. The highest BCUT2D eigenvalue weighted by atomic mass is 19.1. The van der Waals surface area contributed by atoms with Gasteiger partial charge in [-0.05, 0) is 69.7 Å². The second kappa shape index (κ2) is 14.8. The lowest BCUT2D eigenvalue weighted by molar-refractivity contribution is -0.133. The summed E-state index contributed by atoms with van der Waals surface area (Å²) in [5, 5.41) is 5.69. The Balaban J connectivity index is 1.50. The molecule has 0 aromatic heterocycles. The molecule has 3 amide bonds. The maximum Gasteiger partial charge on any atom is 0.251 e. The number of amides is 3. The molecule has 0 atom stereocenters. The van der Waals surface area contributed by atoms with E-state index in [2.05, 4.69) is 27.5 Å². The van der Waals surface area contributed by atoms with Gasteiger partial charge < -0.3 is 29.9 Å². The maximum absolute atomic E-state index is 14.8. The predicted molar refractivity (Wildman–Crippen MR) is 153 cm³/mol. The fourth-order valence-corrected chi connectivity index (χ4v) is 5.01. The van der Waals surface area contributed by atoms with Gasteiger partial charge in [0.2, 0.25) is 11.8 Å². The van der Waals surface area contributed by atoms with Crippen molar-refractivity contribution in [3.63, 3.8) is 0 Å². The molecule has 0 aliphatic carbocycles. The van der Waals surface area contributed by atoms with Gasteiger partial charge in [-0.15, -0.1) is 0 Å². The number of fused-ring (bicyclic) bond motifs is 13. The smallest absolute Gasteiger partial charge is 0.251 e. The van der Waals surface area contributed by atoms with Crippen molar-refractivity contribution < 1.29 is 28.2 Å². The maximum atomic E-state index is 14.8. The largest absolute Gasteiger partial charge is 0.493 e. The average molecular weight is 570 g/mol. The lowest BCUT2D eigenvalue weighted by atomic mass is 10.1. The molecule has 0 radical (unpaired) electrons. The Hall–Kier alpha value is -3.70. The Morgan fingerprint density at radius 3 is 2.63 bits per heavy atom. The molecule has 1 saturated heterocycles. The van der Waals surface area contributed by atoms with Gasteiger partial charge in [0.25, 0.3) is 5.91 Å².